The summed E-state index contributed by atoms with van der Waals surface area (Å²) >= 11 is 0. The highest BCUT2D eigenvalue weighted by atomic mass is 19.4. The summed E-state index contributed by atoms with van der Waals surface area (Å²) < 4.78 is 45.7. The van der Waals surface area contributed by atoms with Gasteiger partial charge in [0.25, 0.3) is 5.82 Å². The van der Waals surface area contributed by atoms with Crippen molar-refractivity contribution in [1.82, 2.24) is 24.7 Å². The van der Waals surface area contributed by atoms with Crippen molar-refractivity contribution >= 4 is 17.4 Å². The SMILES string of the molecule is CCN1CCCC(OC(=O)C2CCN(c3ccc4nnc(C(F)(F)F)n4n3)CC2)C1. The summed E-state index contributed by atoms with van der Waals surface area (Å²) in [5, 5.41) is 10.8. The van der Waals surface area contributed by atoms with Crippen molar-refractivity contribution in [3.8, 4) is 0 Å². The van der Waals surface area contributed by atoms with E-state index in [-0.39, 0.29) is 23.6 Å². The quantitative estimate of drug-likeness (QED) is 0.695. The molecule has 2 aliphatic rings. The average Bonchev–Trinajstić information content (AvgIpc) is 3.18. The van der Waals surface area contributed by atoms with E-state index in [9.17, 15) is 18.0 Å². The summed E-state index contributed by atoms with van der Waals surface area (Å²) in [6, 6.07) is 3.09. The largest absolute Gasteiger partial charge is 0.461 e. The minimum atomic E-state index is -4.63. The third kappa shape index (κ3) is 4.35. The van der Waals surface area contributed by atoms with Gasteiger partial charge >= 0.3 is 12.1 Å². The summed E-state index contributed by atoms with van der Waals surface area (Å²) in [7, 11) is 0. The van der Waals surface area contributed by atoms with Gasteiger partial charge in [-0.2, -0.15) is 17.7 Å². The second kappa shape index (κ2) is 8.37. The molecule has 0 aliphatic carbocycles. The molecule has 0 amide bonds. The lowest BCUT2D eigenvalue weighted by Gasteiger charge is -2.34. The maximum atomic E-state index is 13.1. The summed E-state index contributed by atoms with van der Waals surface area (Å²) in [4.78, 5) is 16.7. The van der Waals surface area contributed by atoms with Gasteiger partial charge in [0.05, 0.1) is 5.92 Å². The summed E-state index contributed by atoms with van der Waals surface area (Å²) in [5.41, 5.74) is 0.0399. The van der Waals surface area contributed by atoms with E-state index in [1.807, 2.05) is 4.90 Å². The predicted molar refractivity (Wildman–Crippen MR) is 102 cm³/mol. The number of halogens is 3. The van der Waals surface area contributed by atoms with Crippen LogP contribution in [0.1, 0.15) is 38.4 Å². The number of fused-ring (bicyclic) bond motifs is 1. The lowest BCUT2D eigenvalue weighted by Crippen LogP contribution is -2.43. The first-order chi connectivity index (χ1) is 14.3. The Morgan fingerprint density at radius 3 is 2.63 bits per heavy atom. The molecule has 30 heavy (non-hydrogen) atoms. The van der Waals surface area contributed by atoms with Gasteiger partial charge in [0, 0.05) is 19.6 Å². The molecular formula is C19H25F3N6O2. The maximum Gasteiger partial charge on any atom is 0.453 e. The maximum absolute atomic E-state index is 13.1. The molecule has 2 aliphatic heterocycles. The number of hydrogen-bond acceptors (Lipinski definition) is 7. The number of nitrogens with zero attached hydrogens (tertiary/aromatic N) is 6. The number of aromatic nitrogens is 4. The number of carbonyl (C=O) groups is 1. The zero-order valence-corrected chi connectivity index (χ0v) is 16.8. The number of rotatable bonds is 4. The van der Waals surface area contributed by atoms with Crippen molar-refractivity contribution in [3.05, 3.63) is 18.0 Å². The van der Waals surface area contributed by atoms with E-state index in [0.717, 1.165) is 37.0 Å². The lowest BCUT2D eigenvalue weighted by molar-refractivity contribution is -0.157. The monoisotopic (exact) mass is 426 g/mol. The van der Waals surface area contributed by atoms with E-state index in [1.165, 1.54) is 6.07 Å². The number of alkyl halides is 3. The van der Waals surface area contributed by atoms with Gasteiger partial charge in [-0.25, -0.2) is 0 Å². The van der Waals surface area contributed by atoms with Crippen LogP contribution in [0.2, 0.25) is 0 Å². The van der Waals surface area contributed by atoms with Gasteiger partial charge < -0.3 is 9.64 Å². The second-order valence-corrected chi connectivity index (χ2v) is 7.84. The number of esters is 1. The fraction of sp³-hybridized carbons (Fsp3) is 0.684. The minimum absolute atomic E-state index is 0.0399. The molecule has 0 aromatic carbocycles. The van der Waals surface area contributed by atoms with E-state index < -0.39 is 12.0 Å². The fourth-order valence-electron chi connectivity index (χ4n) is 4.13. The Labute approximate surface area is 172 Å². The molecular weight excluding hydrogens is 401 g/mol. The topological polar surface area (TPSA) is 75.9 Å². The molecule has 8 nitrogen and oxygen atoms in total. The first kappa shape index (κ1) is 20.8. The Kier molecular flexibility index (Phi) is 5.81. The number of hydrogen-bond donors (Lipinski definition) is 0. The van der Waals surface area contributed by atoms with E-state index in [0.29, 0.717) is 31.7 Å². The Morgan fingerprint density at radius 2 is 1.93 bits per heavy atom. The van der Waals surface area contributed by atoms with E-state index in [2.05, 4.69) is 27.1 Å². The van der Waals surface area contributed by atoms with Crippen LogP contribution in [0.15, 0.2) is 12.1 Å². The molecule has 0 radical (unpaired) electrons. The molecule has 0 saturated carbocycles. The van der Waals surface area contributed by atoms with Gasteiger partial charge in [-0.15, -0.1) is 15.3 Å². The van der Waals surface area contributed by atoms with Crippen LogP contribution in [0.3, 0.4) is 0 Å². The number of anilines is 1. The average molecular weight is 426 g/mol. The van der Waals surface area contributed by atoms with Gasteiger partial charge in [0.1, 0.15) is 11.9 Å². The highest BCUT2D eigenvalue weighted by Gasteiger charge is 2.38. The Hall–Kier alpha value is -2.43. The first-order valence-electron chi connectivity index (χ1n) is 10.3. The van der Waals surface area contributed by atoms with Crippen LogP contribution in [0.25, 0.3) is 5.65 Å². The predicted octanol–water partition coefficient (Wildman–Crippen LogP) is 2.39. The molecule has 2 aromatic rings. The van der Waals surface area contributed by atoms with Crippen molar-refractivity contribution in [2.45, 2.75) is 44.9 Å². The van der Waals surface area contributed by atoms with Crippen molar-refractivity contribution in [2.24, 2.45) is 5.92 Å². The number of piperidine rings is 2. The summed E-state index contributed by atoms with van der Waals surface area (Å²) in [5.74, 6) is -1.10. The van der Waals surface area contributed by atoms with Crippen molar-refractivity contribution in [3.63, 3.8) is 0 Å². The minimum Gasteiger partial charge on any atom is -0.461 e. The molecule has 4 rings (SSSR count). The van der Waals surface area contributed by atoms with Crippen LogP contribution < -0.4 is 4.90 Å². The number of carbonyl (C=O) groups excluding carboxylic acids is 1. The van der Waals surface area contributed by atoms with Crippen molar-refractivity contribution in [1.29, 1.82) is 0 Å². The van der Waals surface area contributed by atoms with Crippen LogP contribution in [-0.4, -0.2) is 69.5 Å². The standard InChI is InChI=1S/C19H25F3N6O2/c1-2-26-9-3-4-14(12-26)30-17(29)13-7-10-27(11-8-13)16-6-5-15-23-24-18(19(20,21)22)28(15)25-16/h5-6,13-14H,2-4,7-12H2,1H3. The Balaban J connectivity index is 1.37. The molecule has 2 fully saturated rings. The van der Waals surface area contributed by atoms with Gasteiger partial charge in [-0.1, -0.05) is 6.92 Å². The van der Waals surface area contributed by atoms with Crippen LogP contribution in [0.4, 0.5) is 19.0 Å². The van der Waals surface area contributed by atoms with E-state index in [4.69, 9.17) is 4.74 Å². The third-order valence-corrected chi connectivity index (χ3v) is 5.85. The van der Waals surface area contributed by atoms with Gasteiger partial charge in [-0.05, 0) is 50.9 Å². The molecule has 0 N–H and O–H groups in total. The smallest absolute Gasteiger partial charge is 0.453 e. The molecule has 1 atom stereocenters. The van der Waals surface area contributed by atoms with Crippen LogP contribution >= 0.6 is 0 Å². The van der Waals surface area contributed by atoms with E-state index in [1.54, 1.807) is 6.07 Å². The normalized spacial score (nSPS) is 21.9. The van der Waals surface area contributed by atoms with E-state index >= 15 is 0 Å². The molecule has 0 spiro atoms. The molecule has 164 valence electrons. The molecule has 2 aromatic heterocycles. The third-order valence-electron chi connectivity index (χ3n) is 5.85. The van der Waals surface area contributed by atoms with Crippen molar-refractivity contribution in [2.75, 3.05) is 37.6 Å². The molecule has 1 unspecified atom stereocenters. The number of likely N-dealkylation sites (N-methyl/N-ethyl adjacent to an activating group) is 1. The zero-order valence-electron chi connectivity index (χ0n) is 16.8. The highest BCUT2D eigenvalue weighted by molar-refractivity contribution is 5.73. The molecule has 0 bridgehead atoms. The fourth-order valence-corrected chi connectivity index (χ4v) is 4.13. The summed E-state index contributed by atoms with van der Waals surface area (Å²) in [6.07, 6.45) is -1.60. The van der Waals surface area contributed by atoms with Gasteiger partial charge in [0.2, 0.25) is 0 Å². The summed E-state index contributed by atoms with van der Waals surface area (Å²) in [6.45, 7) is 5.92. The van der Waals surface area contributed by atoms with Crippen LogP contribution in [0.5, 0.6) is 0 Å². The van der Waals surface area contributed by atoms with Gasteiger partial charge in [0.15, 0.2) is 5.65 Å². The first-order valence-corrected chi connectivity index (χ1v) is 10.3. The molecule has 4 heterocycles. The Bertz CT molecular complexity index is 894. The number of likely N-dealkylation sites (tertiary alicyclic amines) is 1. The van der Waals surface area contributed by atoms with Crippen LogP contribution in [-0.2, 0) is 15.7 Å². The molecule has 2 saturated heterocycles. The highest BCUT2D eigenvalue weighted by Crippen LogP contribution is 2.29. The zero-order chi connectivity index (χ0) is 21.3. The Morgan fingerprint density at radius 1 is 1.17 bits per heavy atom. The number of ether oxygens (including phenoxy) is 1. The van der Waals surface area contributed by atoms with Crippen LogP contribution in [0, 0.1) is 5.92 Å². The lowest BCUT2D eigenvalue weighted by atomic mass is 9.96. The van der Waals surface area contributed by atoms with Crippen molar-refractivity contribution < 1.29 is 22.7 Å². The second-order valence-electron chi connectivity index (χ2n) is 7.84. The van der Waals surface area contributed by atoms with Gasteiger partial charge in [-0.3, -0.25) is 9.69 Å². The molecule has 11 heteroatoms.